The number of nitrogens with one attached hydrogen (secondary N) is 1. The lowest BCUT2D eigenvalue weighted by Crippen LogP contribution is -2.15. The molecule has 0 spiro atoms. The van der Waals surface area contributed by atoms with Crippen molar-refractivity contribution in [2.45, 2.75) is 19.3 Å². The number of aryl methyl sites for hydroxylation is 1. The molecule has 8 heteroatoms. The fourth-order valence-electron chi connectivity index (χ4n) is 3.01. The first-order valence-electron chi connectivity index (χ1n) is 8.14. The Morgan fingerprint density at radius 1 is 1.27 bits per heavy atom. The quantitative estimate of drug-likeness (QED) is 0.706. The normalized spacial score (nSPS) is 18.6. The predicted molar refractivity (Wildman–Crippen MR) is 97.5 cm³/mol. The van der Waals surface area contributed by atoms with Crippen LogP contribution in [0, 0.1) is 18.7 Å². The number of tetrazole rings is 1. The zero-order valence-corrected chi connectivity index (χ0v) is 15.4. The van der Waals surface area contributed by atoms with E-state index in [4.69, 9.17) is 0 Å². The fourth-order valence-corrected chi connectivity index (χ4v) is 3.27. The van der Waals surface area contributed by atoms with E-state index in [1.165, 1.54) is 22.9 Å². The minimum atomic E-state index is -0.461. The topological polar surface area (TPSA) is 72.7 Å². The molecule has 132 valence electrons. The Balaban J connectivity index is 1.49. The van der Waals surface area contributed by atoms with Crippen LogP contribution in [0.1, 0.15) is 23.7 Å². The summed E-state index contributed by atoms with van der Waals surface area (Å²) < 4.78 is 16.4. The Morgan fingerprint density at radius 2 is 2.04 bits per heavy atom. The van der Waals surface area contributed by atoms with Crippen LogP contribution in [-0.2, 0) is 4.79 Å². The highest BCUT2D eigenvalue weighted by atomic mass is 79.9. The van der Waals surface area contributed by atoms with E-state index in [1.54, 1.807) is 6.92 Å². The van der Waals surface area contributed by atoms with E-state index in [0.29, 0.717) is 11.5 Å². The molecule has 3 aromatic rings. The highest BCUT2D eigenvalue weighted by Gasteiger charge is 2.43. The molecule has 1 saturated carbocycles. The summed E-state index contributed by atoms with van der Waals surface area (Å²) >= 11 is 3.41. The SMILES string of the molecule is Cc1nnnn1-c1cc(NC(=O)C2CC2c2ccc(Br)cc2)ccc1F. The third-order valence-electron chi connectivity index (χ3n) is 4.49. The first-order chi connectivity index (χ1) is 12.5. The maximum Gasteiger partial charge on any atom is 0.228 e. The van der Waals surface area contributed by atoms with E-state index in [1.807, 2.05) is 24.3 Å². The fraction of sp³-hybridized carbons (Fsp3) is 0.222. The van der Waals surface area contributed by atoms with Crippen LogP contribution in [0.5, 0.6) is 0 Å². The lowest BCUT2D eigenvalue weighted by Gasteiger charge is -2.09. The van der Waals surface area contributed by atoms with Crippen molar-refractivity contribution in [3.05, 3.63) is 64.1 Å². The molecule has 0 aliphatic heterocycles. The number of carbonyl (C=O) groups is 1. The van der Waals surface area contributed by atoms with Crippen LogP contribution in [0.3, 0.4) is 0 Å². The van der Waals surface area contributed by atoms with Gasteiger partial charge >= 0.3 is 0 Å². The van der Waals surface area contributed by atoms with Crippen LogP contribution >= 0.6 is 15.9 Å². The minimum absolute atomic E-state index is 0.0658. The molecule has 0 bridgehead atoms. The molecular weight excluding hydrogens is 401 g/mol. The smallest absolute Gasteiger partial charge is 0.228 e. The molecular formula is C18H15BrFN5O. The number of amides is 1. The van der Waals surface area contributed by atoms with Crippen LogP contribution in [0.2, 0.25) is 0 Å². The van der Waals surface area contributed by atoms with Crippen molar-refractivity contribution < 1.29 is 9.18 Å². The van der Waals surface area contributed by atoms with E-state index in [-0.39, 0.29) is 23.4 Å². The Bertz CT molecular complexity index is 972. The van der Waals surface area contributed by atoms with E-state index in [9.17, 15) is 9.18 Å². The molecule has 1 heterocycles. The second-order valence-electron chi connectivity index (χ2n) is 6.29. The number of aromatic nitrogens is 4. The first kappa shape index (κ1) is 16.8. The van der Waals surface area contributed by atoms with Crippen LogP contribution in [0.4, 0.5) is 10.1 Å². The molecule has 4 rings (SSSR count). The van der Waals surface area contributed by atoms with Crippen molar-refractivity contribution in [1.82, 2.24) is 20.2 Å². The molecule has 2 unspecified atom stereocenters. The third-order valence-corrected chi connectivity index (χ3v) is 5.02. The second kappa shape index (κ2) is 6.60. The summed E-state index contributed by atoms with van der Waals surface area (Å²) in [6.45, 7) is 1.68. The lowest BCUT2D eigenvalue weighted by molar-refractivity contribution is -0.117. The molecule has 0 radical (unpaired) electrons. The van der Waals surface area contributed by atoms with E-state index < -0.39 is 5.82 Å². The standard InChI is InChI=1S/C18H15BrFN5O/c1-10-22-23-24-25(10)17-8-13(6-7-16(17)20)21-18(26)15-9-14(15)11-2-4-12(19)5-3-11/h2-8,14-15H,9H2,1H3,(H,21,26). The Morgan fingerprint density at radius 3 is 2.73 bits per heavy atom. The van der Waals surface area contributed by atoms with Gasteiger partial charge in [0.25, 0.3) is 0 Å². The molecule has 1 fully saturated rings. The number of hydrogen-bond acceptors (Lipinski definition) is 4. The molecule has 1 aliphatic carbocycles. The van der Waals surface area contributed by atoms with E-state index in [2.05, 4.69) is 36.8 Å². The molecule has 1 aliphatic rings. The van der Waals surface area contributed by atoms with Crippen LogP contribution < -0.4 is 5.32 Å². The summed E-state index contributed by atoms with van der Waals surface area (Å²) in [6, 6.07) is 12.4. The van der Waals surface area contributed by atoms with Gasteiger partial charge in [-0.15, -0.1) is 5.10 Å². The third kappa shape index (κ3) is 3.24. The molecule has 2 atom stereocenters. The zero-order chi connectivity index (χ0) is 18.3. The zero-order valence-electron chi connectivity index (χ0n) is 13.9. The molecule has 2 aromatic carbocycles. The minimum Gasteiger partial charge on any atom is -0.326 e. The van der Waals surface area contributed by atoms with Gasteiger partial charge < -0.3 is 5.32 Å². The second-order valence-corrected chi connectivity index (χ2v) is 7.21. The highest BCUT2D eigenvalue weighted by Crippen LogP contribution is 2.48. The summed E-state index contributed by atoms with van der Waals surface area (Å²) in [5.74, 6) is 0.0931. The van der Waals surface area contributed by atoms with Gasteiger partial charge in [-0.1, -0.05) is 28.1 Å². The number of hydrogen-bond donors (Lipinski definition) is 1. The maximum absolute atomic E-state index is 14.1. The van der Waals surface area contributed by atoms with Gasteiger partial charge in [0.05, 0.1) is 0 Å². The number of rotatable bonds is 4. The summed E-state index contributed by atoms with van der Waals surface area (Å²) in [6.07, 6.45) is 0.813. The van der Waals surface area contributed by atoms with Gasteiger partial charge in [0, 0.05) is 16.1 Å². The Kier molecular flexibility index (Phi) is 4.28. The molecule has 0 saturated heterocycles. The Hall–Kier alpha value is -2.61. The largest absolute Gasteiger partial charge is 0.326 e. The number of nitrogens with zero attached hydrogens (tertiary/aromatic N) is 4. The van der Waals surface area contributed by atoms with Crippen molar-refractivity contribution in [2.75, 3.05) is 5.32 Å². The average Bonchev–Trinajstić information content (AvgIpc) is 3.32. The molecule has 6 nitrogen and oxygen atoms in total. The summed E-state index contributed by atoms with van der Waals surface area (Å²) in [7, 11) is 0. The summed E-state index contributed by atoms with van der Waals surface area (Å²) in [5.41, 5.74) is 1.87. The Labute approximate surface area is 157 Å². The van der Waals surface area contributed by atoms with Crippen molar-refractivity contribution in [1.29, 1.82) is 0 Å². The van der Waals surface area contributed by atoms with Crippen molar-refractivity contribution >= 4 is 27.5 Å². The van der Waals surface area contributed by atoms with Gasteiger partial charge in [-0.25, -0.2) is 4.39 Å². The van der Waals surface area contributed by atoms with Crippen LogP contribution in [0.15, 0.2) is 46.9 Å². The van der Waals surface area contributed by atoms with Crippen molar-refractivity contribution in [3.8, 4) is 5.69 Å². The van der Waals surface area contributed by atoms with Gasteiger partial charge in [-0.05, 0) is 65.6 Å². The van der Waals surface area contributed by atoms with Crippen LogP contribution in [-0.4, -0.2) is 26.1 Å². The lowest BCUT2D eigenvalue weighted by atomic mass is 10.1. The molecule has 1 amide bonds. The number of carbonyl (C=O) groups excluding carboxylic acids is 1. The molecule has 1 aromatic heterocycles. The van der Waals surface area contributed by atoms with Gasteiger partial charge in [0.15, 0.2) is 5.82 Å². The van der Waals surface area contributed by atoms with E-state index >= 15 is 0 Å². The monoisotopic (exact) mass is 415 g/mol. The van der Waals surface area contributed by atoms with E-state index in [0.717, 1.165) is 16.5 Å². The molecule has 1 N–H and O–H groups in total. The average molecular weight is 416 g/mol. The van der Waals surface area contributed by atoms with Gasteiger partial charge in [-0.3, -0.25) is 4.79 Å². The van der Waals surface area contributed by atoms with Gasteiger partial charge in [0.2, 0.25) is 5.91 Å². The van der Waals surface area contributed by atoms with Crippen molar-refractivity contribution in [3.63, 3.8) is 0 Å². The molecule has 26 heavy (non-hydrogen) atoms. The summed E-state index contributed by atoms with van der Waals surface area (Å²) in [4.78, 5) is 12.5. The van der Waals surface area contributed by atoms with Gasteiger partial charge in [0.1, 0.15) is 11.5 Å². The summed E-state index contributed by atoms with van der Waals surface area (Å²) in [5, 5.41) is 13.9. The predicted octanol–water partition coefficient (Wildman–Crippen LogP) is 3.61. The van der Waals surface area contributed by atoms with Crippen molar-refractivity contribution in [2.24, 2.45) is 5.92 Å². The highest BCUT2D eigenvalue weighted by molar-refractivity contribution is 9.10. The number of halogens is 2. The van der Waals surface area contributed by atoms with Crippen LogP contribution in [0.25, 0.3) is 5.69 Å². The first-order valence-corrected chi connectivity index (χ1v) is 8.93. The number of anilines is 1. The van der Waals surface area contributed by atoms with Gasteiger partial charge in [-0.2, -0.15) is 4.68 Å². The maximum atomic E-state index is 14.1. The number of benzene rings is 2.